The number of carbonyl (C=O) groups excluding carboxylic acids is 4. The normalized spacial score (nSPS) is 28.2. The summed E-state index contributed by atoms with van der Waals surface area (Å²) in [6.07, 6.45) is 12.2. The molecule has 50 heavy (non-hydrogen) atoms. The van der Waals surface area contributed by atoms with Gasteiger partial charge in [0.2, 0.25) is 5.78 Å². The van der Waals surface area contributed by atoms with E-state index < -0.39 is 65.3 Å². The monoisotopic (exact) mass is 687 g/mol. The van der Waals surface area contributed by atoms with Crippen molar-refractivity contribution in [2.75, 3.05) is 0 Å². The maximum Gasteiger partial charge on any atom is 0.251 e. The first kappa shape index (κ1) is 40.0. The zero-order valence-corrected chi connectivity index (χ0v) is 29.7. The molecule has 0 fully saturated rings. The first-order valence-electron chi connectivity index (χ1n) is 16.7. The molecule has 0 radical (unpaired) electrons. The number of benzene rings is 1. The summed E-state index contributed by atoms with van der Waals surface area (Å²) in [6, 6.07) is 1.31. The third kappa shape index (κ3) is 9.82. The van der Waals surface area contributed by atoms with E-state index in [-0.39, 0.29) is 57.9 Å². The van der Waals surface area contributed by atoms with Gasteiger partial charge in [-0.1, -0.05) is 75.5 Å². The van der Waals surface area contributed by atoms with E-state index in [9.17, 15) is 44.7 Å². The summed E-state index contributed by atoms with van der Waals surface area (Å²) in [6.45, 7) is 11.5. The summed E-state index contributed by atoms with van der Waals surface area (Å²) in [5, 5.41) is 56.3. The van der Waals surface area contributed by atoms with Crippen LogP contribution >= 0.6 is 0 Å². The molecule has 10 nitrogen and oxygen atoms in total. The predicted molar refractivity (Wildman–Crippen MR) is 192 cm³/mol. The maximum atomic E-state index is 13.8. The van der Waals surface area contributed by atoms with Crippen molar-refractivity contribution in [2.45, 2.75) is 85.7 Å². The molecule has 0 spiro atoms. The average molecular weight is 688 g/mol. The Morgan fingerprint density at radius 1 is 0.760 bits per heavy atom. The molecule has 0 aromatic heterocycles. The number of allylic oxidation sites excluding steroid dienone is 7. The Balaban J connectivity index is 2.04. The van der Waals surface area contributed by atoms with E-state index in [0.717, 1.165) is 6.08 Å². The number of phenolic OH excluding ortho intramolecular Hbond substituents is 1. The van der Waals surface area contributed by atoms with Crippen molar-refractivity contribution < 1.29 is 44.7 Å². The minimum absolute atomic E-state index is 0.0843. The molecular formula is C40H49NO9. The SMILES string of the molecule is CC1=CC=CC=CC(C)C(O)CC(O)C(C)=CCC(O)C=CC(C)C(O)C(C)C=C(C)C(=O)c2c(O)c(C)cc3c2C(=O)C=C(NC1=O)C3=O. The number of amides is 1. The fourth-order valence-corrected chi connectivity index (χ4v) is 5.71. The topological polar surface area (TPSA) is 181 Å². The largest absolute Gasteiger partial charge is 0.507 e. The van der Waals surface area contributed by atoms with Gasteiger partial charge < -0.3 is 30.8 Å². The van der Waals surface area contributed by atoms with Gasteiger partial charge in [0.05, 0.1) is 35.7 Å². The lowest BCUT2D eigenvalue weighted by Gasteiger charge is -2.22. The van der Waals surface area contributed by atoms with Crippen molar-refractivity contribution in [1.82, 2.24) is 5.32 Å². The van der Waals surface area contributed by atoms with Crippen LogP contribution in [0.5, 0.6) is 5.75 Å². The quantitative estimate of drug-likeness (QED) is 0.207. The van der Waals surface area contributed by atoms with Gasteiger partial charge in [-0.25, -0.2) is 0 Å². The Morgan fingerprint density at radius 2 is 1.44 bits per heavy atom. The number of aromatic hydroxyl groups is 1. The number of aryl methyl sites for hydroxylation is 1. The van der Waals surface area contributed by atoms with Gasteiger partial charge in [-0.05, 0) is 56.9 Å². The Kier molecular flexibility index (Phi) is 13.9. The molecule has 7 atom stereocenters. The van der Waals surface area contributed by atoms with Crippen LogP contribution in [0.3, 0.4) is 0 Å². The van der Waals surface area contributed by atoms with Crippen molar-refractivity contribution in [3.63, 3.8) is 0 Å². The number of aliphatic hydroxyl groups excluding tert-OH is 4. The molecule has 0 saturated heterocycles. The summed E-state index contributed by atoms with van der Waals surface area (Å²) in [4.78, 5) is 53.6. The van der Waals surface area contributed by atoms with Gasteiger partial charge in [-0.2, -0.15) is 0 Å². The average Bonchev–Trinajstić information content (AvgIpc) is 3.07. The molecule has 1 aliphatic carbocycles. The highest BCUT2D eigenvalue weighted by Gasteiger charge is 2.34. The second kappa shape index (κ2) is 17.4. The second-order valence-corrected chi connectivity index (χ2v) is 13.4. The Labute approximate surface area is 293 Å². The van der Waals surface area contributed by atoms with Crippen LogP contribution in [0.25, 0.3) is 0 Å². The van der Waals surface area contributed by atoms with Crippen molar-refractivity contribution in [3.05, 3.63) is 111 Å². The fraction of sp³-hybridized carbons (Fsp3) is 0.400. The molecule has 0 saturated carbocycles. The van der Waals surface area contributed by atoms with Crippen molar-refractivity contribution in [1.29, 1.82) is 0 Å². The molecule has 7 unspecified atom stereocenters. The summed E-state index contributed by atoms with van der Waals surface area (Å²) < 4.78 is 0. The molecule has 1 amide bonds. The molecular weight excluding hydrogens is 638 g/mol. The standard InChI is InChI=1S/C40H49NO9/c1-21-11-9-8-10-12-24(4)40(50)41-30-19-33(45)34-29(39(30)49)18-27(7)38(48)35(34)37(47)26(6)17-25(5)36(46)23(3)14-16-28(42)15-13-22(2)32(44)20-31(21)43/h8-14,16-19,21,23,25,28,31-32,36,42-44,46,48H,15,20H2,1-7H3,(H,41,50). The Morgan fingerprint density at radius 3 is 2.12 bits per heavy atom. The third-order valence-electron chi connectivity index (χ3n) is 9.18. The number of carbonyl (C=O) groups is 4. The van der Waals surface area contributed by atoms with Crippen LogP contribution in [0.15, 0.2) is 89.2 Å². The summed E-state index contributed by atoms with van der Waals surface area (Å²) >= 11 is 0. The zero-order chi connectivity index (χ0) is 37.4. The van der Waals surface area contributed by atoms with E-state index in [1.165, 1.54) is 39.0 Å². The number of fused-ring (bicyclic) bond motifs is 18. The molecule has 268 valence electrons. The lowest BCUT2D eigenvalue weighted by molar-refractivity contribution is -0.116. The van der Waals surface area contributed by atoms with E-state index in [2.05, 4.69) is 5.32 Å². The molecule has 10 heteroatoms. The Bertz CT molecular complexity index is 1720. The summed E-state index contributed by atoms with van der Waals surface area (Å²) in [5.41, 5.74) is 0.137. The van der Waals surface area contributed by atoms with Crippen LogP contribution in [0.2, 0.25) is 0 Å². The molecule has 2 heterocycles. The molecule has 6 N–H and O–H groups in total. The van der Waals surface area contributed by atoms with Crippen LogP contribution in [0.1, 0.15) is 91.0 Å². The Hall–Kier alpha value is -4.48. The highest BCUT2D eigenvalue weighted by atomic mass is 16.3. The van der Waals surface area contributed by atoms with Gasteiger partial charge in [0, 0.05) is 47.0 Å². The number of Topliss-reactive ketones (excluding diaryl/α,β-unsaturated/α-hetero) is 2. The van der Waals surface area contributed by atoms with Gasteiger partial charge >= 0.3 is 0 Å². The number of rotatable bonds is 0. The number of phenols is 1. The van der Waals surface area contributed by atoms with Gasteiger partial charge in [0.15, 0.2) is 11.6 Å². The van der Waals surface area contributed by atoms with Crippen molar-refractivity contribution >= 4 is 23.3 Å². The number of hydrogen-bond acceptors (Lipinski definition) is 9. The van der Waals surface area contributed by atoms with Gasteiger partial charge in [-0.3, -0.25) is 19.2 Å². The molecule has 3 aliphatic rings. The third-order valence-corrected chi connectivity index (χ3v) is 9.18. The smallest absolute Gasteiger partial charge is 0.251 e. The van der Waals surface area contributed by atoms with Crippen molar-refractivity contribution in [3.8, 4) is 5.75 Å². The number of nitrogens with one attached hydrogen (secondary N) is 1. The lowest BCUT2D eigenvalue weighted by atomic mass is 9.83. The van der Waals surface area contributed by atoms with Crippen LogP contribution in [-0.4, -0.2) is 73.2 Å². The first-order valence-corrected chi connectivity index (χ1v) is 16.7. The van der Waals surface area contributed by atoms with Gasteiger partial charge in [0.1, 0.15) is 5.75 Å². The summed E-state index contributed by atoms with van der Waals surface area (Å²) in [7, 11) is 0. The minimum Gasteiger partial charge on any atom is -0.507 e. The second-order valence-electron chi connectivity index (χ2n) is 13.4. The molecule has 4 rings (SSSR count). The number of aliphatic hydroxyl groups is 4. The predicted octanol–water partition coefficient (Wildman–Crippen LogP) is 4.92. The maximum absolute atomic E-state index is 13.8. The van der Waals surface area contributed by atoms with Crippen molar-refractivity contribution in [2.24, 2.45) is 17.8 Å². The fourth-order valence-electron chi connectivity index (χ4n) is 5.71. The van der Waals surface area contributed by atoms with E-state index >= 15 is 0 Å². The van der Waals surface area contributed by atoms with Crippen LogP contribution in [0.4, 0.5) is 0 Å². The molecule has 2 aliphatic heterocycles. The van der Waals surface area contributed by atoms with Crippen LogP contribution in [-0.2, 0) is 4.79 Å². The van der Waals surface area contributed by atoms with Crippen LogP contribution < -0.4 is 5.32 Å². The van der Waals surface area contributed by atoms with Gasteiger partial charge in [0.25, 0.3) is 5.91 Å². The number of hydrogen-bond donors (Lipinski definition) is 6. The molecule has 1 aromatic carbocycles. The molecule has 1 aromatic rings. The summed E-state index contributed by atoms with van der Waals surface area (Å²) in [5.74, 6) is -4.53. The molecule has 4 bridgehead atoms. The van der Waals surface area contributed by atoms with E-state index in [0.29, 0.717) is 5.57 Å². The van der Waals surface area contributed by atoms with E-state index in [1.54, 1.807) is 70.2 Å². The highest BCUT2D eigenvalue weighted by molar-refractivity contribution is 6.30. The van der Waals surface area contributed by atoms with Crippen LogP contribution in [0, 0.1) is 24.7 Å². The highest BCUT2D eigenvalue weighted by Crippen LogP contribution is 2.35. The first-order chi connectivity index (χ1) is 23.4. The van der Waals surface area contributed by atoms with E-state index in [4.69, 9.17) is 0 Å². The minimum atomic E-state index is -0.973. The van der Waals surface area contributed by atoms with Gasteiger partial charge in [-0.15, -0.1) is 0 Å². The zero-order valence-electron chi connectivity index (χ0n) is 29.7. The van der Waals surface area contributed by atoms with E-state index in [1.807, 2.05) is 0 Å². The lowest BCUT2D eigenvalue weighted by Crippen LogP contribution is -2.32. The number of ketones is 3.